The first kappa shape index (κ1) is 18.2. The van der Waals surface area contributed by atoms with Crippen LogP contribution in [0.5, 0.6) is 5.75 Å². The zero-order chi connectivity index (χ0) is 18.8. The number of methoxy groups -OCH3 is 1. The van der Waals surface area contributed by atoms with Crippen LogP contribution in [0.1, 0.15) is 49.2 Å². The minimum atomic E-state index is -0.331. The van der Waals surface area contributed by atoms with Gasteiger partial charge in [-0.2, -0.15) is 9.78 Å². The number of rotatable bonds is 3. The van der Waals surface area contributed by atoms with E-state index in [9.17, 15) is 9.59 Å². The van der Waals surface area contributed by atoms with E-state index in [0.29, 0.717) is 5.69 Å². The van der Waals surface area contributed by atoms with E-state index < -0.39 is 0 Å². The van der Waals surface area contributed by atoms with E-state index in [1.165, 1.54) is 17.9 Å². The number of aryl methyl sites for hydroxylation is 1. The SMILES string of the molecule is COc1cc(=O)n(-c2ccc(C)cc2)nc1C(=O)N1[C@@H](C)CCC[C@@H]1C. The first-order chi connectivity index (χ1) is 12.4. The summed E-state index contributed by atoms with van der Waals surface area (Å²) in [5.41, 5.74) is 1.55. The molecule has 1 aromatic carbocycles. The number of carbonyl (C=O) groups excluding carboxylic acids is 1. The van der Waals surface area contributed by atoms with Crippen molar-refractivity contribution in [3.63, 3.8) is 0 Å². The molecule has 0 saturated carbocycles. The maximum Gasteiger partial charge on any atom is 0.278 e. The molecule has 0 N–H and O–H groups in total. The summed E-state index contributed by atoms with van der Waals surface area (Å²) in [6.07, 6.45) is 3.05. The summed E-state index contributed by atoms with van der Waals surface area (Å²) in [4.78, 5) is 27.5. The Labute approximate surface area is 153 Å². The number of likely N-dealkylation sites (tertiary alicyclic amines) is 1. The van der Waals surface area contributed by atoms with Crippen LogP contribution >= 0.6 is 0 Å². The topological polar surface area (TPSA) is 64.4 Å². The van der Waals surface area contributed by atoms with E-state index in [0.717, 1.165) is 24.8 Å². The van der Waals surface area contributed by atoms with Crippen LogP contribution in [0.2, 0.25) is 0 Å². The normalized spacial score (nSPS) is 20.1. The second-order valence-electron chi connectivity index (χ2n) is 6.99. The van der Waals surface area contributed by atoms with Crippen molar-refractivity contribution in [1.82, 2.24) is 14.7 Å². The van der Waals surface area contributed by atoms with Gasteiger partial charge in [0, 0.05) is 12.1 Å². The molecular formula is C20H25N3O3. The first-order valence-corrected chi connectivity index (χ1v) is 9.00. The molecule has 0 bridgehead atoms. The molecule has 1 aliphatic rings. The van der Waals surface area contributed by atoms with Crippen LogP contribution < -0.4 is 10.3 Å². The highest BCUT2D eigenvalue weighted by atomic mass is 16.5. The van der Waals surface area contributed by atoms with Gasteiger partial charge in [-0.05, 0) is 52.2 Å². The van der Waals surface area contributed by atoms with Crippen molar-refractivity contribution >= 4 is 5.91 Å². The number of nitrogens with zero attached hydrogens (tertiary/aromatic N) is 3. The van der Waals surface area contributed by atoms with Crippen molar-refractivity contribution in [1.29, 1.82) is 0 Å². The van der Waals surface area contributed by atoms with E-state index in [1.807, 2.05) is 36.1 Å². The molecule has 138 valence electrons. The molecule has 1 fully saturated rings. The molecule has 2 aromatic rings. The molecule has 0 aliphatic carbocycles. The van der Waals surface area contributed by atoms with Crippen LogP contribution in [0, 0.1) is 6.92 Å². The number of piperidine rings is 1. The zero-order valence-corrected chi connectivity index (χ0v) is 15.7. The summed E-state index contributed by atoms with van der Waals surface area (Å²) in [6.45, 7) is 6.08. The average molecular weight is 355 g/mol. The van der Waals surface area contributed by atoms with Crippen LogP contribution in [0.25, 0.3) is 5.69 Å². The third-order valence-electron chi connectivity index (χ3n) is 5.03. The molecule has 1 saturated heterocycles. The van der Waals surface area contributed by atoms with Gasteiger partial charge in [-0.1, -0.05) is 17.7 Å². The van der Waals surface area contributed by atoms with Crippen molar-refractivity contribution in [2.75, 3.05) is 7.11 Å². The van der Waals surface area contributed by atoms with Gasteiger partial charge >= 0.3 is 0 Å². The van der Waals surface area contributed by atoms with E-state index in [2.05, 4.69) is 18.9 Å². The van der Waals surface area contributed by atoms with Gasteiger partial charge in [0.15, 0.2) is 11.4 Å². The fourth-order valence-corrected chi connectivity index (χ4v) is 3.56. The van der Waals surface area contributed by atoms with Crippen LogP contribution in [0.15, 0.2) is 35.1 Å². The highest BCUT2D eigenvalue weighted by Crippen LogP contribution is 2.26. The van der Waals surface area contributed by atoms with Crippen LogP contribution in [0.4, 0.5) is 0 Å². The molecule has 0 unspecified atom stereocenters. The lowest BCUT2D eigenvalue weighted by atomic mass is 9.97. The van der Waals surface area contributed by atoms with Crippen molar-refractivity contribution in [3.05, 3.63) is 51.9 Å². The van der Waals surface area contributed by atoms with Gasteiger partial charge in [0.25, 0.3) is 11.5 Å². The smallest absolute Gasteiger partial charge is 0.278 e. The van der Waals surface area contributed by atoms with Gasteiger partial charge < -0.3 is 9.64 Å². The van der Waals surface area contributed by atoms with Gasteiger partial charge in [0.2, 0.25) is 0 Å². The number of benzene rings is 1. The predicted molar refractivity (Wildman–Crippen MR) is 100 cm³/mol. The van der Waals surface area contributed by atoms with E-state index in [1.54, 1.807) is 0 Å². The maximum atomic E-state index is 13.2. The van der Waals surface area contributed by atoms with E-state index in [-0.39, 0.29) is 35.0 Å². The summed E-state index contributed by atoms with van der Waals surface area (Å²) in [5.74, 6) is 0.0238. The molecule has 0 spiro atoms. The van der Waals surface area contributed by atoms with E-state index in [4.69, 9.17) is 4.74 Å². The first-order valence-electron chi connectivity index (χ1n) is 9.00. The Balaban J connectivity index is 2.08. The largest absolute Gasteiger partial charge is 0.494 e. The number of aromatic nitrogens is 2. The lowest BCUT2D eigenvalue weighted by Crippen LogP contribution is -2.48. The van der Waals surface area contributed by atoms with Crippen LogP contribution in [-0.2, 0) is 0 Å². The Bertz CT molecular complexity index is 848. The summed E-state index contributed by atoms with van der Waals surface area (Å²) in [5, 5.41) is 4.37. The van der Waals surface area contributed by atoms with Crippen molar-refractivity contribution < 1.29 is 9.53 Å². The molecule has 6 heteroatoms. The third-order valence-corrected chi connectivity index (χ3v) is 5.03. The number of carbonyl (C=O) groups is 1. The lowest BCUT2D eigenvalue weighted by molar-refractivity contribution is 0.0499. The summed E-state index contributed by atoms with van der Waals surface area (Å²) >= 11 is 0. The van der Waals surface area contributed by atoms with Crippen molar-refractivity contribution in [2.24, 2.45) is 0 Å². The molecule has 3 rings (SSSR count). The second kappa shape index (κ2) is 7.32. The minimum Gasteiger partial charge on any atom is -0.494 e. The maximum absolute atomic E-state index is 13.2. The van der Waals surface area contributed by atoms with Gasteiger partial charge in [0.05, 0.1) is 18.9 Å². The Morgan fingerprint density at radius 2 is 1.77 bits per heavy atom. The van der Waals surface area contributed by atoms with Gasteiger partial charge in [0.1, 0.15) is 0 Å². The molecule has 6 nitrogen and oxygen atoms in total. The molecule has 1 aliphatic heterocycles. The number of hydrogen-bond acceptors (Lipinski definition) is 4. The van der Waals surface area contributed by atoms with Crippen molar-refractivity contribution in [3.8, 4) is 11.4 Å². The molecule has 2 heterocycles. The summed E-state index contributed by atoms with van der Waals surface area (Å²) in [6, 6.07) is 9.05. The zero-order valence-electron chi connectivity index (χ0n) is 15.7. The summed E-state index contributed by atoms with van der Waals surface area (Å²) < 4.78 is 6.55. The Morgan fingerprint density at radius 1 is 1.15 bits per heavy atom. The fourth-order valence-electron chi connectivity index (χ4n) is 3.56. The van der Waals surface area contributed by atoms with Crippen LogP contribution in [0.3, 0.4) is 0 Å². The standard InChI is InChI=1S/C20H25N3O3/c1-13-8-10-16(11-9-13)23-18(24)12-17(26-4)19(21-23)20(25)22-14(2)6-5-7-15(22)3/h8-12,14-15H,5-7H2,1-4H3/t14-,15-/m0/s1. The molecular weight excluding hydrogens is 330 g/mol. The summed E-state index contributed by atoms with van der Waals surface area (Å²) in [7, 11) is 1.45. The molecule has 1 amide bonds. The Morgan fingerprint density at radius 3 is 2.35 bits per heavy atom. The molecule has 0 radical (unpaired) electrons. The highest BCUT2D eigenvalue weighted by Gasteiger charge is 2.32. The highest BCUT2D eigenvalue weighted by molar-refractivity contribution is 5.95. The average Bonchev–Trinajstić information content (AvgIpc) is 2.62. The van der Waals surface area contributed by atoms with Gasteiger partial charge in [-0.25, -0.2) is 0 Å². The number of hydrogen-bond donors (Lipinski definition) is 0. The molecule has 2 atom stereocenters. The van der Waals surface area contributed by atoms with E-state index >= 15 is 0 Å². The third kappa shape index (κ3) is 3.36. The fraction of sp³-hybridized carbons (Fsp3) is 0.450. The Kier molecular flexibility index (Phi) is 5.11. The van der Waals surface area contributed by atoms with Crippen LogP contribution in [-0.4, -0.2) is 39.8 Å². The molecule has 26 heavy (non-hydrogen) atoms. The monoisotopic (exact) mass is 355 g/mol. The second-order valence-corrected chi connectivity index (χ2v) is 6.99. The van der Waals surface area contributed by atoms with Gasteiger partial charge in [-0.3, -0.25) is 9.59 Å². The number of amides is 1. The molecule has 1 aromatic heterocycles. The lowest BCUT2D eigenvalue weighted by Gasteiger charge is -2.38. The number of ether oxygens (including phenoxy) is 1. The minimum absolute atomic E-state index is 0.137. The predicted octanol–water partition coefficient (Wildman–Crippen LogP) is 2.95. The Hall–Kier alpha value is -2.63. The quantitative estimate of drug-likeness (QED) is 0.849. The van der Waals surface area contributed by atoms with Gasteiger partial charge in [-0.15, -0.1) is 0 Å². The van der Waals surface area contributed by atoms with Crippen molar-refractivity contribution in [2.45, 2.75) is 52.1 Å².